The van der Waals surface area contributed by atoms with Crippen molar-refractivity contribution in [2.45, 2.75) is 12.5 Å². The predicted molar refractivity (Wildman–Crippen MR) is 71.1 cm³/mol. The number of hydrogen-bond acceptors (Lipinski definition) is 1. The van der Waals surface area contributed by atoms with E-state index in [0.29, 0.717) is 12.0 Å². The molecule has 0 heterocycles. The zero-order chi connectivity index (χ0) is 13.1. The molecule has 0 bridgehead atoms. The normalized spacial score (nSPS) is 12.4. The molecule has 18 heavy (non-hydrogen) atoms. The SMILES string of the molecule is NC(Cc1ccc(Br)cc1)c1ccc(F)cc1F. The van der Waals surface area contributed by atoms with E-state index in [1.807, 2.05) is 24.3 Å². The molecule has 0 fully saturated rings. The number of hydrogen-bond donors (Lipinski definition) is 1. The van der Waals surface area contributed by atoms with Gasteiger partial charge in [0.15, 0.2) is 0 Å². The van der Waals surface area contributed by atoms with Crippen molar-refractivity contribution in [3.63, 3.8) is 0 Å². The lowest BCUT2D eigenvalue weighted by Gasteiger charge is -2.13. The van der Waals surface area contributed by atoms with Crippen LogP contribution in [0, 0.1) is 11.6 Å². The highest BCUT2D eigenvalue weighted by Crippen LogP contribution is 2.21. The second-order valence-electron chi connectivity index (χ2n) is 4.10. The van der Waals surface area contributed by atoms with E-state index in [4.69, 9.17) is 5.73 Å². The van der Waals surface area contributed by atoms with Crippen molar-refractivity contribution in [3.8, 4) is 0 Å². The van der Waals surface area contributed by atoms with Crippen LogP contribution in [0.5, 0.6) is 0 Å². The molecular weight excluding hydrogens is 300 g/mol. The summed E-state index contributed by atoms with van der Waals surface area (Å²) in [5.41, 5.74) is 7.28. The van der Waals surface area contributed by atoms with Crippen molar-refractivity contribution < 1.29 is 8.78 Å². The number of nitrogens with two attached hydrogens (primary N) is 1. The summed E-state index contributed by atoms with van der Waals surface area (Å²) < 4.78 is 27.3. The Kier molecular flexibility index (Phi) is 4.09. The van der Waals surface area contributed by atoms with Crippen molar-refractivity contribution in [2.75, 3.05) is 0 Å². The van der Waals surface area contributed by atoms with Crippen LogP contribution < -0.4 is 5.73 Å². The van der Waals surface area contributed by atoms with Gasteiger partial charge in [0, 0.05) is 22.1 Å². The van der Waals surface area contributed by atoms with Crippen LogP contribution in [-0.2, 0) is 6.42 Å². The molecule has 0 spiro atoms. The molecule has 0 radical (unpaired) electrons. The lowest BCUT2D eigenvalue weighted by molar-refractivity contribution is 0.554. The molecule has 2 N–H and O–H groups in total. The van der Waals surface area contributed by atoms with Crippen molar-refractivity contribution in [1.82, 2.24) is 0 Å². The van der Waals surface area contributed by atoms with Gasteiger partial charge in [-0.15, -0.1) is 0 Å². The van der Waals surface area contributed by atoms with E-state index >= 15 is 0 Å². The molecule has 0 saturated heterocycles. The molecule has 1 nitrogen and oxygen atoms in total. The highest BCUT2D eigenvalue weighted by Gasteiger charge is 2.12. The molecule has 4 heteroatoms. The Bertz CT molecular complexity index is 540. The van der Waals surface area contributed by atoms with Gasteiger partial charge in [-0.1, -0.05) is 34.1 Å². The van der Waals surface area contributed by atoms with Crippen LogP contribution in [-0.4, -0.2) is 0 Å². The molecule has 2 rings (SSSR count). The molecule has 0 saturated carbocycles. The first-order chi connectivity index (χ1) is 8.56. The maximum Gasteiger partial charge on any atom is 0.130 e. The number of benzene rings is 2. The quantitative estimate of drug-likeness (QED) is 0.912. The average Bonchev–Trinajstić information content (AvgIpc) is 2.32. The van der Waals surface area contributed by atoms with Crippen LogP contribution in [0.3, 0.4) is 0 Å². The molecule has 2 aromatic carbocycles. The second-order valence-corrected chi connectivity index (χ2v) is 5.02. The third-order valence-corrected chi connectivity index (χ3v) is 3.26. The zero-order valence-corrected chi connectivity index (χ0v) is 11.1. The van der Waals surface area contributed by atoms with E-state index in [1.165, 1.54) is 12.1 Å². The van der Waals surface area contributed by atoms with Gasteiger partial charge >= 0.3 is 0 Å². The largest absolute Gasteiger partial charge is 0.324 e. The first-order valence-electron chi connectivity index (χ1n) is 5.51. The van der Waals surface area contributed by atoms with Crippen molar-refractivity contribution in [3.05, 3.63) is 69.7 Å². The van der Waals surface area contributed by atoms with E-state index in [0.717, 1.165) is 16.1 Å². The van der Waals surface area contributed by atoms with E-state index in [2.05, 4.69) is 15.9 Å². The van der Waals surface area contributed by atoms with E-state index in [9.17, 15) is 8.78 Å². The Morgan fingerprint density at radius 3 is 2.33 bits per heavy atom. The third-order valence-electron chi connectivity index (χ3n) is 2.73. The van der Waals surface area contributed by atoms with Gasteiger partial charge in [-0.25, -0.2) is 8.78 Å². The topological polar surface area (TPSA) is 26.0 Å². The Labute approximate surface area is 113 Å². The van der Waals surface area contributed by atoms with Gasteiger partial charge < -0.3 is 5.73 Å². The Balaban J connectivity index is 2.16. The zero-order valence-electron chi connectivity index (χ0n) is 9.54. The van der Waals surface area contributed by atoms with Crippen molar-refractivity contribution in [2.24, 2.45) is 5.73 Å². The summed E-state index contributed by atoms with van der Waals surface area (Å²) in [5.74, 6) is -1.19. The van der Waals surface area contributed by atoms with Crippen LogP contribution in [0.15, 0.2) is 46.9 Å². The molecule has 94 valence electrons. The summed E-state index contributed by atoms with van der Waals surface area (Å²) in [4.78, 5) is 0. The fourth-order valence-electron chi connectivity index (χ4n) is 1.79. The monoisotopic (exact) mass is 311 g/mol. The van der Waals surface area contributed by atoms with Gasteiger partial charge in [0.05, 0.1) is 0 Å². The van der Waals surface area contributed by atoms with Crippen LogP contribution in [0.4, 0.5) is 8.78 Å². The van der Waals surface area contributed by atoms with Gasteiger partial charge in [-0.2, -0.15) is 0 Å². The molecule has 0 aliphatic heterocycles. The number of halogens is 3. The molecule has 0 aliphatic rings. The minimum absolute atomic E-state index is 0.333. The van der Waals surface area contributed by atoms with Crippen LogP contribution in [0.2, 0.25) is 0 Å². The average molecular weight is 312 g/mol. The molecular formula is C14H12BrF2N. The van der Waals surface area contributed by atoms with Crippen LogP contribution >= 0.6 is 15.9 Å². The van der Waals surface area contributed by atoms with Gasteiger partial charge in [-0.05, 0) is 30.2 Å². The van der Waals surface area contributed by atoms with Crippen LogP contribution in [0.25, 0.3) is 0 Å². The molecule has 0 aliphatic carbocycles. The molecule has 0 amide bonds. The fourth-order valence-corrected chi connectivity index (χ4v) is 2.05. The van der Waals surface area contributed by atoms with Gasteiger partial charge in [0.1, 0.15) is 11.6 Å². The maximum absolute atomic E-state index is 13.5. The first kappa shape index (κ1) is 13.2. The lowest BCUT2D eigenvalue weighted by atomic mass is 9.99. The standard InChI is InChI=1S/C14H12BrF2N/c15-10-3-1-9(2-4-10)7-14(18)12-6-5-11(16)8-13(12)17/h1-6,8,14H,7,18H2. The summed E-state index contributed by atoms with van der Waals surface area (Å²) in [6, 6.07) is 10.7. The molecule has 0 aromatic heterocycles. The minimum atomic E-state index is -0.598. The molecule has 1 unspecified atom stereocenters. The summed E-state index contributed by atoms with van der Waals surface area (Å²) in [5, 5.41) is 0. The van der Waals surface area contributed by atoms with Crippen molar-refractivity contribution in [1.29, 1.82) is 0 Å². The second kappa shape index (κ2) is 5.59. The van der Waals surface area contributed by atoms with E-state index in [1.54, 1.807) is 0 Å². The Morgan fingerprint density at radius 1 is 1.06 bits per heavy atom. The van der Waals surface area contributed by atoms with E-state index in [-0.39, 0.29) is 0 Å². The predicted octanol–water partition coefficient (Wildman–Crippen LogP) is 3.97. The van der Waals surface area contributed by atoms with Gasteiger partial charge in [0.25, 0.3) is 0 Å². The van der Waals surface area contributed by atoms with Gasteiger partial charge in [-0.3, -0.25) is 0 Å². The molecule has 1 atom stereocenters. The summed E-state index contributed by atoms with van der Waals surface area (Å²) in [6.45, 7) is 0. The first-order valence-corrected chi connectivity index (χ1v) is 6.30. The summed E-state index contributed by atoms with van der Waals surface area (Å²) in [7, 11) is 0. The fraction of sp³-hybridized carbons (Fsp3) is 0.143. The van der Waals surface area contributed by atoms with Crippen molar-refractivity contribution >= 4 is 15.9 Å². The van der Waals surface area contributed by atoms with Crippen LogP contribution in [0.1, 0.15) is 17.2 Å². The number of rotatable bonds is 3. The highest BCUT2D eigenvalue weighted by molar-refractivity contribution is 9.10. The Morgan fingerprint density at radius 2 is 1.72 bits per heavy atom. The lowest BCUT2D eigenvalue weighted by Crippen LogP contribution is -2.15. The third kappa shape index (κ3) is 3.15. The molecule has 2 aromatic rings. The van der Waals surface area contributed by atoms with E-state index < -0.39 is 17.7 Å². The Hall–Kier alpha value is -1.26. The highest BCUT2D eigenvalue weighted by atomic mass is 79.9. The maximum atomic E-state index is 13.5. The summed E-state index contributed by atoms with van der Waals surface area (Å²) in [6.07, 6.45) is 0.510. The smallest absolute Gasteiger partial charge is 0.130 e. The minimum Gasteiger partial charge on any atom is -0.324 e. The summed E-state index contributed by atoms with van der Waals surface area (Å²) >= 11 is 3.34. The van der Waals surface area contributed by atoms with Gasteiger partial charge in [0.2, 0.25) is 0 Å².